The fourth-order valence-corrected chi connectivity index (χ4v) is 2.41. The lowest BCUT2D eigenvalue weighted by atomic mass is 10.1. The summed E-state index contributed by atoms with van der Waals surface area (Å²) in [6.07, 6.45) is 4.78. The molecular weight excluding hydrogens is 232 g/mol. The van der Waals surface area contributed by atoms with Crippen LogP contribution >= 0.6 is 11.8 Å². The van der Waals surface area contributed by atoms with Gasteiger partial charge in [0.05, 0.1) is 5.69 Å². The molecule has 4 heteroatoms. The molecule has 17 heavy (non-hydrogen) atoms. The van der Waals surface area contributed by atoms with Gasteiger partial charge in [-0.1, -0.05) is 12.1 Å². The zero-order chi connectivity index (χ0) is 12.3. The second-order valence-electron chi connectivity index (χ2n) is 4.45. The Labute approximate surface area is 106 Å². The van der Waals surface area contributed by atoms with E-state index >= 15 is 0 Å². The van der Waals surface area contributed by atoms with E-state index in [0.717, 1.165) is 10.6 Å². The molecule has 1 unspecified atom stereocenters. The molecule has 0 saturated heterocycles. The molecule has 0 aliphatic heterocycles. The first-order valence-electron chi connectivity index (χ1n) is 5.89. The number of thioether (sulfide) groups is 1. The topological polar surface area (TPSA) is 55.1 Å². The molecule has 92 valence electrons. The summed E-state index contributed by atoms with van der Waals surface area (Å²) in [7, 11) is 0. The van der Waals surface area contributed by atoms with Gasteiger partial charge in [-0.05, 0) is 37.1 Å². The van der Waals surface area contributed by atoms with Gasteiger partial charge in [-0.25, -0.2) is 0 Å². The van der Waals surface area contributed by atoms with E-state index in [1.807, 2.05) is 30.5 Å². The van der Waals surface area contributed by atoms with Crippen LogP contribution in [-0.2, 0) is 4.79 Å². The highest BCUT2D eigenvalue weighted by atomic mass is 32.2. The Morgan fingerprint density at radius 1 is 1.53 bits per heavy atom. The maximum atomic E-state index is 11.8. The van der Waals surface area contributed by atoms with Gasteiger partial charge in [0.1, 0.15) is 0 Å². The minimum Gasteiger partial charge on any atom is -0.327 e. The Morgan fingerprint density at radius 2 is 2.24 bits per heavy atom. The highest BCUT2D eigenvalue weighted by molar-refractivity contribution is 7.98. The minimum atomic E-state index is 0.0194. The van der Waals surface area contributed by atoms with Crippen molar-refractivity contribution in [2.24, 2.45) is 11.7 Å². The maximum Gasteiger partial charge on any atom is 0.225 e. The molecule has 1 atom stereocenters. The van der Waals surface area contributed by atoms with Crippen molar-refractivity contribution in [2.75, 3.05) is 11.6 Å². The van der Waals surface area contributed by atoms with E-state index in [1.54, 1.807) is 11.8 Å². The molecule has 2 rings (SSSR count). The fourth-order valence-electron chi connectivity index (χ4n) is 1.85. The standard InChI is InChI=1S/C13H18N2OS/c1-17-12-5-3-2-4-11(12)15-13(16)8-10(14)9-6-7-9/h2-5,9-10H,6-8,14H2,1H3,(H,15,16). The SMILES string of the molecule is CSc1ccccc1NC(=O)CC(N)C1CC1. The summed E-state index contributed by atoms with van der Waals surface area (Å²) in [5, 5.41) is 2.94. The summed E-state index contributed by atoms with van der Waals surface area (Å²) in [4.78, 5) is 12.9. The van der Waals surface area contributed by atoms with Gasteiger partial charge in [-0.15, -0.1) is 11.8 Å². The molecule has 0 heterocycles. The molecule has 1 aromatic rings. The summed E-state index contributed by atoms with van der Waals surface area (Å²) >= 11 is 1.63. The van der Waals surface area contributed by atoms with Gasteiger partial charge in [0.15, 0.2) is 0 Å². The van der Waals surface area contributed by atoms with Gasteiger partial charge in [-0.2, -0.15) is 0 Å². The third kappa shape index (κ3) is 3.48. The molecule has 0 radical (unpaired) electrons. The van der Waals surface area contributed by atoms with E-state index in [1.165, 1.54) is 12.8 Å². The third-order valence-corrected chi connectivity index (χ3v) is 3.83. The summed E-state index contributed by atoms with van der Waals surface area (Å²) in [5.41, 5.74) is 6.82. The average molecular weight is 250 g/mol. The molecule has 1 aromatic carbocycles. The molecule has 0 spiro atoms. The van der Waals surface area contributed by atoms with Crippen LogP contribution in [0.2, 0.25) is 0 Å². The van der Waals surface area contributed by atoms with Crippen molar-refractivity contribution in [1.82, 2.24) is 0 Å². The van der Waals surface area contributed by atoms with Crippen LogP contribution in [0.5, 0.6) is 0 Å². The summed E-state index contributed by atoms with van der Waals surface area (Å²) in [5.74, 6) is 0.586. The second-order valence-corrected chi connectivity index (χ2v) is 5.30. The van der Waals surface area contributed by atoms with Crippen LogP contribution in [-0.4, -0.2) is 18.2 Å². The van der Waals surface area contributed by atoms with Crippen molar-refractivity contribution in [3.63, 3.8) is 0 Å². The first kappa shape index (κ1) is 12.5. The molecule has 0 aromatic heterocycles. The van der Waals surface area contributed by atoms with E-state index in [9.17, 15) is 4.79 Å². The number of rotatable bonds is 5. The highest BCUT2D eigenvalue weighted by Crippen LogP contribution is 2.33. The summed E-state index contributed by atoms with van der Waals surface area (Å²) < 4.78 is 0. The highest BCUT2D eigenvalue weighted by Gasteiger charge is 2.29. The number of carbonyl (C=O) groups is 1. The molecule has 1 saturated carbocycles. The molecule has 1 aliphatic carbocycles. The number of anilines is 1. The van der Waals surface area contributed by atoms with Crippen LogP contribution in [0.4, 0.5) is 5.69 Å². The van der Waals surface area contributed by atoms with E-state index in [0.29, 0.717) is 12.3 Å². The number of amides is 1. The van der Waals surface area contributed by atoms with Gasteiger partial charge in [0.2, 0.25) is 5.91 Å². The number of nitrogens with two attached hydrogens (primary N) is 1. The largest absolute Gasteiger partial charge is 0.327 e. The lowest BCUT2D eigenvalue weighted by molar-refractivity contribution is -0.116. The zero-order valence-corrected chi connectivity index (χ0v) is 10.8. The summed E-state index contributed by atoms with van der Waals surface area (Å²) in [6.45, 7) is 0. The minimum absolute atomic E-state index is 0.0194. The van der Waals surface area contributed by atoms with Crippen LogP contribution in [0.1, 0.15) is 19.3 Å². The van der Waals surface area contributed by atoms with Crippen LogP contribution in [0.25, 0.3) is 0 Å². The van der Waals surface area contributed by atoms with Gasteiger partial charge in [0.25, 0.3) is 0 Å². The normalized spacial score (nSPS) is 16.6. The molecule has 1 amide bonds. The van der Waals surface area contributed by atoms with Gasteiger partial charge in [0, 0.05) is 17.4 Å². The predicted octanol–water partition coefficient (Wildman–Crippen LogP) is 2.47. The van der Waals surface area contributed by atoms with Crippen molar-refractivity contribution in [2.45, 2.75) is 30.2 Å². The molecule has 3 N–H and O–H groups in total. The first-order chi connectivity index (χ1) is 8.20. The average Bonchev–Trinajstić information content (AvgIpc) is 3.13. The number of nitrogens with one attached hydrogen (secondary N) is 1. The molecule has 1 fully saturated rings. The van der Waals surface area contributed by atoms with E-state index < -0.39 is 0 Å². The number of benzene rings is 1. The Bertz CT molecular complexity index is 404. The third-order valence-electron chi connectivity index (χ3n) is 3.03. The van der Waals surface area contributed by atoms with Crippen molar-refractivity contribution < 1.29 is 4.79 Å². The Balaban J connectivity index is 1.92. The van der Waals surface area contributed by atoms with Gasteiger partial charge >= 0.3 is 0 Å². The molecule has 0 bridgehead atoms. The zero-order valence-electron chi connectivity index (χ0n) is 9.98. The van der Waals surface area contributed by atoms with E-state index in [4.69, 9.17) is 5.73 Å². The Morgan fingerprint density at radius 3 is 2.88 bits per heavy atom. The second kappa shape index (κ2) is 5.56. The van der Waals surface area contributed by atoms with Crippen LogP contribution in [0, 0.1) is 5.92 Å². The lowest BCUT2D eigenvalue weighted by Crippen LogP contribution is -2.28. The number of carbonyl (C=O) groups excluding carboxylic acids is 1. The predicted molar refractivity (Wildman–Crippen MR) is 72.2 cm³/mol. The molecule has 1 aliphatic rings. The fraction of sp³-hybridized carbons (Fsp3) is 0.462. The van der Waals surface area contributed by atoms with Crippen molar-refractivity contribution in [1.29, 1.82) is 0 Å². The maximum absolute atomic E-state index is 11.8. The number of hydrogen-bond donors (Lipinski definition) is 2. The number of para-hydroxylation sites is 1. The van der Waals surface area contributed by atoms with Crippen molar-refractivity contribution >= 4 is 23.4 Å². The Kier molecular flexibility index (Phi) is 4.07. The first-order valence-corrected chi connectivity index (χ1v) is 7.11. The van der Waals surface area contributed by atoms with Crippen LogP contribution in [0.15, 0.2) is 29.2 Å². The van der Waals surface area contributed by atoms with E-state index in [2.05, 4.69) is 5.32 Å². The van der Waals surface area contributed by atoms with E-state index in [-0.39, 0.29) is 11.9 Å². The monoisotopic (exact) mass is 250 g/mol. The Hall–Kier alpha value is -1.00. The number of hydrogen-bond acceptors (Lipinski definition) is 3. The quantitative estimate of drug-likeness (QED) is 0.789. The smallest absolute Gasteiger partial charge is 0.225 e. The van der Waals surface area contributed by atoms with Gasteiger partial charge in [-0.3, -0.25) is 4.79 Å². The summed E-state index contributed by atoms with van der Waals surface area (Å²) in [6, 6.07) is 7.84. The van der Waals surface area contributed by atoms with Crippen molar-refractivity contribution in [3.05, 3.63) is 24.3 Å². The van der Waals surface area contributed by atoms with Crippen molar-refractivity contribution in [3.8, 4) is 0 Å². The molecular formula is C13H18N2OS. The molecule has 3 nitrogen and oxygen atoms in total. The lowest BCUT2D eigenvalue weighted by Gasteiger charge is -2.12. The van der Waals surface area contributed by atoms with Crippen LogP contribution in [0.3, 0.4) is 0 Å². The van der Waals surface area contributed by atoms with Gasteiger partial charge < -0.3 is 11.1 Å². The van der Waals surface area contributed by atoms with Crippen LogP contribution < -0.4 is 11.1 Å².